The molecule has 0 heterocycles. The van der Waals surface area contributed by atoms with Crippen LogP contribution in [0.25, 0.3) is 0 Å². The van der Waals surface area contributed by atoms with E-state index >= 15 is 0 Å². The molecule has 26 heavy (non-hydrogen) atoms. The van der Waals surface area contributed by atoms with Crippen LogP contribution in [-0.4, -0.2) is 50.0 Å². The first-order valence-corrected chi connectivity index (χ1v) is 9.16. The average Bonchev–Trinajstić information content (AvgIpc) is 2.64. The zero-order chi connectivity index (χ0) is 18.9. The molecule has 2 rings (SSSR count). The van der Waals surface area contributed by atoms with Crippen molar-refractivity contribution in [2.75, 3.05) is 34.3 Å². The van der Waals surface area contributed by atoms with Gasteiger partial charge in [0, 0.05) is 31.1 Å². The fraction of sp³-hybridized carbons (Fsp3) is 0.381. The maximum absolute atomic E-state index is 12.8. The first kappa shape index (κ1) is 20.3. The fourth-order valence-electron chi connectivity index (χ4n) is 2.73. The Balaban J connectivity index is 2.03. The Hall–Kier alpha value is -2.04. The number of aryl methyl sites for hydroxylation is 1. The van der Waals surface area contributed by atoms with Crippen LogP contribution in [-0.2, 0) is 17.8 Å². The molecule has 0 spiro atoms. The highest BCUT2D eigenvalue weighted by atomic mass is 35.5. The van der Waals surface area contributed by atoms with Gasteiger partial charge in [-0.25, -0.2) is 0 Å². The van der Waals surface area contributed by atoms with Crippen LogP contribution in [0.5, 0.6) is 5.75 Å². The summed E-state index contributed by atoms with van der Waals surface area (Å²) in [6, 6.07) is 15.5. The van der Waals surface area contributed by atoms with Crippen LogP contribution < -0.4 is 4.74 Å². The molecule has 0 aliphatic heterocycles. The number of benzene rings is 2. The van der Waals surface area contributed by atoms with E-state index in [1.54, 1.807) is 7.11 Å². The van der Waals surface area contributed by atoms with Gasteiger partial charge in [-0.3, -0.25) is 4.79 Å². The van der Waals surface area contributed by atoms with E-state index in [0.717, 1.165) is 23.4 Å². The van der Waals surface area contributed by atoms with E-state index in [2.05, 4.69) is 4.90 Å². The molecule has 1 amide bonds. The summed E-state index contributed by atoms with van der Waals surface area (Å²) in [6.45, 7) is 2.12. The maximum Gasteiger partial charge on any atom is 0.223 e. The molecule has 0 N–H and O–H groups in total. The molecular formula is C21H27ClN2O2. The van der Waals surface area contributed by atoms with Gasteiger partial charge >= 0.3 is 0 Å². The minimum atomic E-state index is 0.146. The van der Waals surface area contributed by atoms with Gasteiger partial charge in [-0.15, -0.1) is 0 Å². The topological polar surface area (TPSA) is 32.8 Å². The second-order valence-corrected chi connectivity index (χ2v) is 6.99. The van der Waals surface area contributed by atoms with Gasteiger partial charge in [-0.05, 0) is 49.8 Å². The van der Waals surface area contributed by atoms with Crippen molar-refractivity contribution in [3.63, 3.8) is 0 Å². The molecular weight excluding hydrogens is 348 g/mol. The Morgan fingerprint density at radius 1 is 1.04 bits per heavy atom. The summed E-state index contributed by atoms with van der Waals surface area (Å²) in [4.78, 5) is 16.8. The molecule has 0 unspecified atom stereocenters. The lowest BCUT2D eigenvalue weighted by Crippen LogP contribution is -2.36. The molecule has 0 bridgehead atoms. The molecule has 2 aromatic rings. The lowest BCUT2D eigenvalue weighted by Gasteiger charge is -2.25. The summed E-state index contributed by atoms with van der Waals surface area (Å²) < 4.78 is 5.38. The van der Waals surface area contributed by atoms with Gasteiger partial charge in [0.1, 0.15) is 5.75 Å². The number of rotatable bonds is 9. The molecule has 0 aromatic heterocycles. The lowest BCUT2D eigenvalue weighted by atomic mass is 10.1. The molecule has 0 saturated heterocycles. The van der Waals surface area contributed by atoms with E-state index in [4.69, 9.17) is 16.3 Å². The number of carbonyl (C=O) groups excluding carboxylic acids is 1. The molecule has 2 aromatic carbocycles. The summed E-state index contributed by atoms with van der Waals surface area (Å²) in [7, 11) is 5.68. The molecule has 0 fully saturated rings. The van der Waals surface area contributed by atoms with Crippen LogP contribution in [0.3, 0.4) is 0 Å². The summed E-state index contributed by atoms with van der Waals surface area (Å²) in [5, 5.41) is 0.705. The molecule has 0 radical (unpaired) electrons. The van der Waals surface area contributed by atoms with E-state index in [1.165, 1.54) is 0 Å². The molecule has 140 valence electrons. The maximum atomic E-state index is 12.8. The monoisotopic (exact) mass is 374 g/mol. The molecule has 5 heteroatoms. The first-order valence-electron chi connectivity index (χ1n) is 8.78. The van der Waals surface area contributed by atoms with Gasteiger partial charge in [0.15, 0.2) is 0 Å². The Kier molecular flexibility index (Phi) is 7.95. The SMILES string of the molecule is COc1ccccc1CCC(=O)N(CCN(C)C)Cc1ccc(Cl)cc1. The standard InChI is InChI=1S/C21H27ClN2O2/c1-23(2)14-15-24(16-17-8-11-19(22)12-9-17)21(25)13-10-18-6-4-5-7-20(18)26-3/h4-9,11-12H,10,13-16H2,1-3H3. The minimum Gasteiger partial charge on any atom is -0.496 e. The van der Waals surface area contributed by atoms with E-state index in [9.17, 15) is 4.79 Å². The highest BCUT2D eigenvalue weighted by Gasteiger charge is 2.15. The van der Waals surface area contributed by atoms with E-state index in [1.807, 2.05) is 67.5 Å². The average molecular weight is 375 g/mol. The van der Waals surface area contributed by atoms with Crippen molar-refractivity contribution in [1.82, 2.24) is 9.80 Å². The van der Waals surface area contributed by atoms with Crippen molar-refractivity contribution in [2.45, 2.75) is 19.4 Å². The summed E-state index contributed by atoms with van der Waals surface area (Å²) in [5.74, 6) is 0.977. The molecule has 0 atom stereocenters. The minimum absolute atomic E-state index is 0.146. The quantitative estimate of drug-likeness (QED) is 0.668. The number of likely N-dealkylation sites (N-methyl/N-ethyl adjacent to an activating group) is 1. The third kappa shape index (κ3) is 6.36. The number of ether oxygens (including phenoxy) is 1. The Morgan fingerprint density at radius 2 is 1.73 bits per heavy atom. The van der Waals surface area contributed by atoms with E-state index in [0.29, 0.717) is 31.0 Å². The lowest BCUT2D eigenvalue weighted by molar-refractivity contribution is -0.131. The van der Waals surface area contributed by atoms with Crippen LogP contribution in [0.2, 0.25) is 5.02 Å². The van der Waals surface area contributed by atoms with Crippen molar-refractivity contribution >= 4 is 17.5 Å². The number of nitrogens with zero attached hydrogens (tertiary/aromatic N) is 2. The van der Waals surface area contributed by atoms with Crippen LogP contribution in [0.4, 0.5) is 0 Å². The predicted octanol–water partition coefficient (Wildman–Crippen LogP) is 3.87. The smallest absolute Gasteiger partial charge is 0.223 e. The van der Waals surface area contributed by atoms with Gasteiger partial charge < -0.3 is 14.5 Å². The predicted molar refractivity (Wildman–Crippen MR) is 107 cm³/mol. The normalized spacial score (nSPS) is 10.8. The van der Waals surface area contributed by atoms with Crippen molar-refractivity contribution in [2.24, 2.45) is 0 Å². The van der Waals surface area contributed by atoms with Gasteiger partial charge in [-0.2, -0.15) is 0 Å². The van der Waals surface area contributed by atoms with Crippen LogP contribution in [0, 0.1) is 0 Å². The highest BCUT2D eigenvalue weighted by Crippen LogP contribution is 2.19. The Morgan fingerprint density at radius 3 is 2.38 bits per heavy atom. The van der Waals surface area contributed by atoms with Crippen molar-refractivity contribution in [3.8, 4) is 5.75 Å². The van der Waals surface area contributed by atoms with Crippen LogP contribution in [0.1, 0.15) is 17.5 Å². The summed E-state index contributed by atoms with van der Waals surface area (Å²) in [5.41, 5.74) is 2.14. The first-order chi connectivity index (χ1) is 12.5. The molecule has 0 aliphatic carbocycles. The zero-order valence-electron chi connectivity index (χ0n) is 15.7. The Bertz CT molecular complexity index is 701. The zero-order valence-corrected chi connectivity index (χ0v) is 16.5. The van der Waals surface area contributed by atoms with E-state index < -0.39 is 0 Å². The number of methoxy groups -OCH3 is 1. The molecule has 4 nitrogen and oxygen atoms in total. The van der Waals surface area contributed by atoms with E-state index in [-0.39, 0.29) is 5.91 Å². The van der Waals surface area contributed by atoms with Crippen molar-refractivity contribution < 1.29 is 9.53 Å². The number of para-hydroxylation sites is 1. The largest absolute Gasteiger partial charge is 0.496 e. The van der Waals surface area contributed by atoms with Crippen molar-refractivity contribution in [1.29, 1.82) is 0 Å². The van der Waals surface area contributed by atoms with Gasteiger partial charge in [0.25, 0.3) is 0 Å². The van der Waals surface area contributed by atoms with Crippen molar-refractivity contribution in [3.05, 3.63) is 64.7 Å². The Labute approximate surface area is 161 Å². The third-order valence-corrected chi connectivity index (χ3v) is 4.51. The van der Waals surface area contributed by atoms with Gasteiger partial charge in [0.05, 0.1) is 7.11 Å². The summed E-state index contributed by atoms with van der Waals surface area (Å²) >= 11 is 5.96. The number of carbonyl (C=O) groups is 1. The second-order valence-electron chi connectivity index (χ2n) is 6.56. The van der Waals surface area contributed by atoms with Gasteiger partial charge in [0.2, 0.25) is 5.91 Å². The third-order valence-electron chi connectivity index (χ3n) is 4.26. The fourth-order valence-corrected chi connectivity index (χ4v) is 2.86. The summed E-state index contributed by atoms with van der Waals surface area (Å²) in [6.07, 6.45) is 1.13. The number of amides is 1. The highest BCUT2D eigenvalue weighted by molar-refractivity contribution is 6.30. The number of hydrogen-bond acceptors (Lipinski definition) is 3. The number of halogens is 1. The second kappa shape index (κ2) is 10.2. The van der Waals surface area contributed by atoms with Gasteiger partial charge in [-0.1, -0.05) is 41.9 Å². The van der Waals surface area contributed by atoms with Crippen LogP contribution >= 0.6 is 11.6 Å². The van der Waals surface area contributed by atoms with Crippen LogP contribution in [0.15, 0.2) is 48.5 Å². The molecule has 0 aliphatic rings. The number of hydrogen-bond donors (Lipinski definition) is 0. The molecule has 0 saturated carbocycles.